The number of aliphatic hydroxyl groups is 1. The van der Waals surface area contributed by atoms with Crippen LogP contribution in [0.4, 0.5) is 4.79 Å². The standard InChI is InChI=1S/C13H25N3O4/c1-3-6-15(4-2)7-5-14-13(20)16-9-10(17)8-11(16)12(18)19/h10-11,17H,3-9H2,1-2H3,(H,14,20)(H,18,19)/t10?,11-/m0/s1. The Hall–Kier alpha value is -1.34. The summed E-state index contributed by atoms with van der Waals surface area (Å²) in [5.74, 6) is -1.07. The lowest BCUT2D eigenvalue weighted by molar-refractivity contribution is -0.141. The number of rotatable bonds is 7. The summed E-state index contributed by atoms with van der Waals surface area (Å²) in [6, 6.07) is -1.34. The Morgan fingerprint density at radius 3 is 2.60 bits per heavy atom. The molecule has 116 valence electrons. The highest BCUT2D eigenvalue weighted by Crippen LogP contribution is 2.17. The molecule has 0 aromatic heterocycles. The molecular formula is C13H25N3O4. The van der Waals surface area contributed by atoms with Gasteiger partial charge >= 0.3 is 12.0 Å². The molecule has 3 N–H and O–H groups in total. The van der Waals surface area contributed by atoms with Crippen molar-refractivity contribution in [3.63, 3.8) is 0 Å². The molecule has 0 saturated carbocycles. The Morgan fingerprint density at radius 2 is 2.05 bits per heavy atom. The number of likely N-dealkylation sites (N-methyl/N-ethyl adjacent to an activating group) is 1. The predicted molar refractivity (Wildman–Crippen MR) is 74.6 cm³/mol. The third-order valence-corrected chi connectivity index (χ3v) is 3.52. The zero-order valence-corrected chi connectivity index (χ0v) is 12.2. The molecule has 1 rings (SSSR count). The van der Waals surface area contributed by atoms with Crippen LogP contribution in [-0.2, 0) is 4.79 Å². The number of aliphatic carboxylic acids is 1. The number of likely N-dealkylation sites (tertiary alicyclic amines) is 1. The number of β-amino-alcohol motifs (C(OH)–C–C–N with tert-alkyl or cyclic N) is 1. The number of nitrogens with one attached hydrogen (secondary N) is 1. The molecule has 2 atom stereocenters. The van der Waals surface area contributed by atoms with Gasteiger partial charge in [0.1, 0.15) is 6.04 Å². The van der Waals surface area contributed by atoms with E-state index in [1.165, 1.54) is 4.90 Å². The maximum atomic E-state index is 12.0. The number of carboxylic acids is 1. The second kappa shape index (κ2) is 8.06. The second-order valence-electron chi connectivity index (χ2n) is 5.06. The van der Waals surface area contributed by atoms with E-state index in [-0.39, 0.29) is 13.0 Å². The third-order valence-electron chi connectivity index (χ3n) is 3.52. The highest BCUT2D eigenvalue weighted by atomic mass is 16.4. The summed E-state index contributed by atoms with van der Waals surface area (Å²) < 4.78 is 0. The lowest BCUT2D eigenvalue weighted by Gasteiger charge is -2.23. The third kappa shape index (κ3) is 4.64. The number of amides is 2. The van der Waals surface area contributed by atoms with Crippen LogP contribution in [0.5, 0.6) is 0 Å². The van der Waals surface area contributed by atoms with Gasteiger partial charge in [-0.15, -0.1) is 0 Å². The molecule has 1 saturated heterocycles. The van der Waals surface area contributed by atoms with Crippen molar-refractivity contribution in [3.8, 4) is 0 Å². The van der Waals surface area contributed by atoms with Crippen LogP contribution in [0.2, 0.25) is 0 Å². The van der Waals surface area contributed by atoms with Crippen LogP contribution in [0.1, 0.15) is 26.7 Å². The zero-order chi connectivity index (χ0) is 15.1. The Bertz CT molecular complexity index is 338. The molecule has 0 aliphatic carbocycles. The van der Waals surface area contributed by atoms with Gasteiger partial charge in [-0.25, -0.2) is 9.59 Å². The van der Waals surface area contributed by atoms with E-state index in [0.29, 0.717) is 6.54 Å². The molecule has 7 heteroatoms. The summed E-state index contributed by atoms with van der Waals surface area (Å²) in [6.07, 6.45) is 0.398. The molecule has 1 aliphatic heterocycles. The number of carbonyl (C=O) groups is 2. The Morgan fingerprint density at radius 1 is 1.35 bits per heavy atom. The van der Waals surface area contributed by atoms with E-state index in [1.807, 2.05) is 0 Å². The first-order chi connectivity index (χ1) is 9.49. The van der Waals surface area contributed by atoms with Crippen LogP contribution in [0.3, 0.4) is 0 Å². The average Bonchev–Trinajstić information content (AvgIpc) is 2.80. The van der Waals surface area contributed by atoms with Gasteiger partial charge in [-0.1, -0.05) is 13.8 Å². The quantitative estimate of drug-likeness (QED) is 0.610. The van der Waals surface area contributed by atoms with Gasteiger partial charge in [0.25, 0.3) is 0 Å². The van der Waals surface area contributed by atoms with Crippen LogP contribution < -0.4 is 5.32 Å². The largest absolute Gasteiger partial charge is 0.480 e. The van der Waals surface area contributed by atoms with Gasteiger partial charge in [0, 0.05) is 26.1 Å². The van der Waals surface area contributed by atoms with Gasteiger partial charge in [0.15, 0.2) is 0 Å². The lowest BCUT2D eigenvalue weighted by atomic mass is 10.2. The van der Waals surface area contributed by atoms with E-state index < -0.39 is 24.1 Å². The normalized spacial score (nSPS) is 22.3. The van der Waals surface area contributed by atoms with Crippen LogP contribution in [0, 0.1) is 0 Å². The maximum Gasteiger partial charge on any atom is 0.326 e. The number of hydrogen-bond donors (Lipinski definition) is 3. The van der Waals surface area contributed by atoms with Crippen molar-refractivity contribution >= 4 is 12.0 Å². The minimum atomic E-state index is -1.07. The van der Waals surface area contributed by atoms with Gasteiger partial charge in [-0.05, 0) is 19.5 Å². The fourth-order valence-corrected chi connectivity index (χ4v) is 2.44. The van der Waals surface area contributed by atoms with E-state index in [1.54, 1.807) is 0 Å². The van der Waals surface area contributed by atoms with Crippen molar-refractivity contribution in [2.45, 2.75) is 38.8 Å². The topological polar surface area (TPSA) is 93.1 Å². The maximum absolute atomic E-state index is 12.0. The number of hydrogen-bond acceptors (Lipinski definition) is 4. The fourth-order valence-electron chi connectivity index (χ4n) is 2.44. The Kier molecular flexibility index (Phi) is 6.74. The SMILES string of the molecule is CCCN(CC)CCNC(=O)N1CC(O)C[C@H]1C(=O)O. The van der Waals surface area contributed by atoms with Crippen molar-refractivity contribution in [1.29, 1.82) is 0 Å². The van der Waals surface area contributed by atoms with E-state index in [0.717, 1.165) is 26.1 Å². The molecule has 0 bridgehead atoms. The van der Waals surface area contributed by atoms with Crippen LogP contribution >= 0.6 is 0 Å². The fraction of sp³-hybridized carbons (Fsp3) is 0.846. The summed E-state index contributed by atoms with van der Waals surface area (Å²) >= 11 is 0. The number of urea groups is 1. The molecule has 0 aromatic carbocycles. The molecule has 1 aliphatic rings. The molecule has 7 nitrogen and oxygen atoms in total. The van der Waals surface area contributed by atoms with Gasteiger partial charge in [0.2, 0.25) is 0 Å². The summed E-state index contributed by atoms with van der Waals surface area (Å²) in [5.41, 5.74) is 0. The van der Waals surface area contributed by atoms with E-state index >= 15 is 0 Å². The molecule has 1 unspecified atom stereocenters. The smallest absolute Gasteiger partial charge is 0.326 e. The summed E-state index contributed by atoms with van der Waals surface area (Å²) in [4.78, 5) is 26.4. The number of aliphatic hydroxyl groups excluding tert-OH is 1. The van der Waals surface area contributed by atoms with E-state index in [2.05, 4.69) is 24.1 Å². The molecule has 0 spiro atoms. The molecule has 2 amide bonds. The number of nitrogens with zero attached hydrogens (tertiary/aromatic N) is 2. The first-order valence-electron chi connectivity index (χ1n) is 7.17. The highest BCUT2D eigenvalue weighted by molar-refractivity contribution is 5.83. The lowest BCUT2D eigenvalue weighted by Crippen LogP contribution is -2.47. The minimum absolute atomic E-state index is 0.0786. The molecule has 0 aromatic rings. The molecular weight excluding hydrogens is 262 g/mol. The highest BCUT2D eigenvalue weighted by Gasteiger charge is 2.38. The number of carbonyl (C=O) groups excluding carboxylic acids is 1. The van der Waals surface area contributed by atoms with Crippen molar-refractivity contribution in [1.82, 2.24) is 15.1 Å². The molecule has 1 heterocycles. The van der Waals surface area contributed by atoms with Crippen molar-refractivity contribution < 1.29 is 19.8 Å². The molecule has 1 fully saturated rings. The van der Waals surface area contributed by atoms with Crippen LogP contribution in [-0.4, -0.2) is 76.9 Å². The molecule has 0 radical (unpaired) electrons. The monoisotopic (exact) mass is 287 g/mol. The van der Waals surface area contributed by atoms with Gasteiger partial charge in [-0.3, -0.25) is 0 Å². The number of carboxylic acid groups (broad SMARTS) is 1. The average molecular weight is 287 g/mol. The van der Waals surface area contributed by atoms with Crippen molar-refractivity contribution in [2.75, 3.05) is 32.7 Å². The second-order valence-corrected chi connectivity index (χ2v) is 5.06. The van der Waals surface area contributed by atoms with Gasteiger partial charge in [-0.2, -0.15) is 0 Å². The van der Waals surface area contributed by atoms with Crippen molar-refractivity contribution in [3.05, 3.63) is 0 Å². The van der Waals surface area contributed by atoms with Crippen LogP contribution in [0.25, 0.3) is 0 Å². The Labute approximate surface area is 119 Å². The molecule has 20 heavy (non-hydrogen) atoms. The van der Waals surface area contributed by atoms with Gasteiger partial charge in [0.05, 0.1) is 6.10 Å². The Balaban J connectivity index is 2.40. The summed E-state index contributed by atoms with van der Waals surface area (Å²) in [6.45, 7) is 7.36. The first kappa shape index (κ1) is 16.7. The summed E-state index contributed by atoms with van der Waals surface area (Å²) in [7, 11) is 0. The first-order valence-corrected chi connectivity index (χ1v) is 7.17. The predicted octanol–water partition coefficient (Wildman–Crippen LogP) is -0.0523. The summed E-state index contributed by atoms with van der Waals surface area (Å²) in [5, 5.41) is 21.3. The zero-order valence-electron chi connectivity index (χ0n) is 12.2. The minimum Gasteiger partial charge on any atom is -0.480 e. The van der Waals surface area contributed by atoms with Crippen LogP contribution in [0.15, 0.2) is 0 Å². The van der Waals surface area contributed by atoms with E-state index in [9.17, 15) is 14.7 Å². The van der Waals surface area contributed by atoms with Crippen molar-refractivity contribution in [2.24, 2.45) is 0 Å². The van der Waals surface area contributed by atoms with E-state index in [4.69, 9.17) is 5.11 Å². The van der Waals surface area contributed by atoms with Gasteiger partial charge < -0.3 is 25.3 Å².